The number of fused-ring (bicyclic) bond motifs is 6. The van der Waals surface area contributed by atoms with Crippen molar-refractivity contribution in [1.29, 1.82) is 0 Å². The van der Waals surface area contributed by atoms with Crippen molar-refractivity contribution in [2.75, 3.05) is 4.90 Å². The van der Waals surface area contributed by atoms with Crippen LogP contribution in [0.2, 0.25) is 0 Å². The summed E-state index contributed by atoms with van der Waals surface area (Å²) >= 11 is 1.84. The van der Waals surface area contributed by atoms with E-state index in [1.54, 1.807) is 0 Å². The van der Waals surface area contributed by atoms with Gasteiger partial charge in [-0.05, 0) is 89.0 Å². The number of para-hydroxylation sites is 2. The van der Waals surface area contributed by atoms with Crippen LogP contribution in [-0.2, 0) is 5.41 Å². The molecular weight excluding hydrogens is 589 g/mol. The van der Waals surface area contributed by atoms with Crippen molar-refractivity contribution in [3.63, 3.8) is 0 Å². The van der Waals surface area contributed by atoms with Crippen LogP contribution in [0.4, 0.5) is 17.1 Å². The molecule has 1 aliphatic rings. The molecule has 0 unspecified atom stereocenters. The lowest BCUT2D eigenvalue weighted by molar-refractivity contribution is 0.660. The highest BCUT2D eigenvalue weighted by Crippen LogP contribution is 2.49. The van der Waals surface area contributed by atoms with Gasteiger partial charge in [-0.25, -0.2) is 4.98 Å². The highest BCUT2D eigenvalue weighted by atomic mass is 32.1. The van der Waals surface area contributed by atoms with Crippen LogP contribution in [0.25, 0.3) is 53.8 Å². The van der Waals surface area contributed by atoms with E-state index in [1.807, 2.05) is 11.3 Å². The van der Waals surface area contributed by atoms with Crippen molar-refractivity contribution in [1.82, 2.24) is 4.98 Å². The number of anilines is 3. The van der Waals surface area contributed by atoms with E-state index in [-0.39, 0.29) is 5.41 Å². The predicted octanol–water partition coefficient (Wildman–Crippen LogP) is 12.6. The van der Waals surface area contributed by atoms with Crippen LogP contribution in [0.1, 0.15) is 25.0 Å². The zero-order chi connectivity index (χ0) is 31.5. The molecule has 0 fully saturated rings. The molecule has 0 saturated carbocycles. The van der Waals surface area contributed by atoms with Gasteiger partial charge in [0, 0.05) is 53.8 Å². The normalized spacial score (nSPS) is 13.1. The van der Waals surface area contributed by atoms with Gasteiger partial charge in [0.05, 0.1) is 11.4 Å². The molecule has 2 nitrogen and oxygen atoms in total. The second-order valence-corrected chi connectivity index (χ2v) is 13.9. The summed E-state index contributed by atoms with van der Waals surface area (Å²) in [6.07, 6.45) is 0. The number of aromatic nitrogens is 1. The summed E-state index contributed by atoms with van der Waals surface area (Å²) in [5.74, 6) is 0. The first kappa shape index (κ1) is 27.8. The first-order valence-electron chi connectivity index (χ1n) is 16.1. The summed E-state index contributed by atoms with van der Waals surface area (Å²) in [6, 6.07) is 56.8. The van der Waals surface area contributed by atoms with E-state index in [4.69, 9.17) is 4.98 Å². The van der Waals surface area contributed by atoms with Crippen LogP contribution in [0.15, 0.2) is 158 Å². The second-order valence-electron chi connectivity index (χ2n) is 12.8. The molecule has 6 aromatic carbocycles. The van der Waals surface area contributed by atoms with Gasteiger partial charge >= 0.3 is 0 Å². The largest absolute Gasteiger partial charge is 0.310 e. The summed E-state index contributed by atoms with van der Waals surface area (Å²) in [5, 5.41) is 2.54. The van der Waals surface area contributed by atoms with Crippen LogP contribution in [0, 0.1) is 0 Å². The first-order chi connectivity index (χ1) is 23.0. The molecule has 0 bridgehead atoms. The van der Waals surface area contributed by atoms with Gasteiger partial charge in [0.15, 0.2) is 0 Å². The van der Waals surface area contributed by atoms with E-state index >= 15 is 0 Å². The van der Waals surface area contributed by atoms with Crippen molar-refractivity contribution in [2.24, 2.45) is 0 Å². The molecule has 0 spiro atoms. The quantitative estimate of drug-likeness (QED) is 0.190. The van der Waals surface area contributed by atoms with Crippen molar-refractivity contribution in [2.45, 2.75) is 19.3 Å². The van der Waals surface area contributed by atoms with Crippen LogP contribution >= 0.6 is 11.3 Å². The highest BCUT2D eigenvalue weighted by Gasteiger charge is 2.35. The number of hydrogen-bond acceptors (Lipinski definition) is 3. The summed E-state index contributed by atoms with van der Waals surface area (Å²) in [4.78, 5) is 7.52. The lowest BCUT2D eigenvalue weighted by Crippen LogP contribution is -2.14. The van der Waals surface area contributed by atoms with Gasteiger partial charge in [0.1, 0.15) is 0 Å². The van der Waals surface area contributed by atoms with E-state index < -0.39 is 0 Å². The fourth-order valence-electron chi connectivity index (χ4n) is 7.28. The van der Waals surface area contributed by atoms with Crippen molar-refractivity contribution in [3.05, 3.63) is 169 Å². The monoisotopic (exact) mass is 620 g/mol. The minimum Gasteiger partial charge on any atom is -0.310 e. The molecular formula is C44H32N2S. The Morgan fingerprint density at radius 3 is 1.85 bits per heavy atom. The highest BCUT2D eigenvalue weighted by molar-refractivity contribution is 7.25. The zero-order valence-corrected chi connectivity index (χ0v) is 27.1. The van der Waals surface area contributed by atoms with Crippen LogP contribution < -0.4 is 4.90 Å². The molecule has 47 heavy (non-hydrogen) atoms. The molecule has 0 N–H and O–H groups in total. The number of hydrogen-bond donors (Lipinski definition) is 0. The van der Waals surface area contributed by atoms with Gasteiger partial charge in [0.25, 0.3) is 0 Å². The van der Waals surface area contributed by atoms with Gasteiger partial charge < -0.3 is 4.90 Å². The molecule has 8 aromatic rings. The number of benzene rings is 6. The SMILES string of the molecule is CC1(C)c2ccccc2-c2ccc(-c3cccc(-c4ccc5c(c4)sc4ccc(N(c6ccccc6)c6ccccc6)cc45)n3)cc21. The van der Waals surface area contributed by atoms with Gasteiger partial charge in [-0.2, -0.15) is 0 Å². The van der Waals surface area contributed by atoms with Gasteiger partial charge in [0.2, 0.25) is 0 Å². The smallest absolute Gasteiger partial charge is 0.0710 e. The maximum absolute atomic E-state index is 5.20. The minimum absolute atomic E-state index is 0.0369. The first-order valence-corrected chi connectivity index (χ1v) is 16.9. The van der Waals surface area contributed by atoms with E-state index in [0.717, 1.165) is 39.6 Å². The van der Waals surface area contributed by atoms with E-state index in [1.165, 1.54) is 42.4 Å². The van der Waals surface area contributed by atoms with Crippen molar-refractivity contribution >= 4 is 48.6 Å². The Morgan fingerprint density at radius 1 is 0.468 bits per heavy atom. The topological polar surface area (TPSA) is 16.1 Å². The molecule has 3 heteroatoms. The average Bonchev–Trinajstić information content (AvgIpc) is 3.60. The second kappa shape index (κ2) is 10.8. The molecule has 2 heterocycles. The van der Waals surface area contributed by atoms with Crippen LogP contribution in [0.5, 0.6) is 0 Å². The summed E-state index contributed by atoms with van der Waals surface area (Å²) in [5.41, 5.74) is 13.1. The summed E-state index contributed by atoms with van der Waals surface area (Å²) < 4.78 is 2.55. The van der Waals surface area contributed by atoms with Crippen molar-refractivity contribution < 1.29 is 0 Å². The minimum atomic E-state index is -0.0369. The summed E-state index contributed by atoms with van der Waals surface area (Å²) in [7, 11) is 0. The molecule has 0 saturated heterocycles. The molecule has 0 atom stereocenters. The molecule has 9 rings (SSSR count). The lowest BCUT2D eigenvalue weighted by Gasteiger charge is -2.25. The van der Waals surface area contributed by atoms with E-state index in [9.17, 15) is 0 Å². The molecule has 1 aliphatic carbocycles. The molecule has 224 valence electrons. The standard InChI is InChI=1S/C44H32N2S/c1-44(2)38-17-10-9-16-34(38)35-23-20-29(26-39(35)44)40-18-11-19-41(45-40)30-21-24-36-37-28-33(22-25-42(37)47-43(36)27-30)46(31-12-5-3-6-13-31)32-14-7-4-8-15-32/h3-28H,1-2H3. The number of thiophene rings is 1. The van der Waals surface area contributed by atoms with Crippen LogP contribution in [-0.4, -0.2) is 4.98 Å². The molecule has 0 radical (unpaired) electrons. The average molecular weight is 621 g/mol. The number of rotatable bonds is 5. The maximum atomic E-state index is 5.20. The van der Waals surface area contributed by atoms with Gasteiger partial charge in [-0.15, -0.1) is 11.3 Å². The Labute approximate surface area is 279 Å². The lowest BCUT2D eigenvalue weighted by atomic mass is 9.82. The maximum Gasteiger partial charge on any atom is 0.0710 e. The fraction of sp³-hybridized carbons (Fsp3) is 0.0682. The van der Waals surface area contributed by atoms with Gasteiger partial charge in [-0.3, -0.25) is 0 Å². The Balaban J connectivity index is 1.09. The Morgan fingerprint density at radius 2 is 1.11 bits per heavy atom. The third kappa shape index (κ3) is 4.58. The molecule has 0 amide bonds. The third-order valence-electron chi connectivity index (χ3n) is 9.67. The van der Waals surface area contributed by atoms with E-state index in [0.29, 0.717) is 0 Å². The fourth-order valence-corrected chi connectivity index (χ4v) is 8.41. The van der Waals surface area contributed by atoms with Crippen LogP contribution in [0.3, 0.4) is 0 Å². The third-order valence-corrected chi connectivity index (χ3v) is 10.8. The number of nitrogens with zero attached hydrogens (tertiary/aromatic N) is 2. The molecule has 0 aliphatic heterocycles. The van der Waals surface area contributed by atoms with Crippen molar-refractivity contribution in [3.8, 4) is 33.6 Å². The molecule has 2 aromatic heterocycles. The Hall–Kier alpha value is -5.51. The number of pyridine rings is 1. The zero-order valence-electron chi connectivity index (χ0n) is 26.3. The Bertz CT molecular complexity index is 2400. The summed E-state index contributed by atoms with van der Waals surface area (Å²) in [6.45, 7) is 4.66. The van der Waals surface area contributed by atoms with E-state index in [2.05, 4.69) is 176 Å². The van der Waals surface area contributed by atoms with Gasteiger partial charge in [-0.1, -0.05) is 105 Å². The Kier molecular flexibility index (Phi) is 6.38. The predicted molar refractivity (Wildman–Crippen MR) is 200 cm³/mol.